The normalized spacial score (nSPS) is 15.5. The molecule has 3 rings (SSSR count). The standard InChI is InChI=1S/C21H24Cl2N2O3S/c22-19-13-12-17(14-20(19)23)25(29(27,28)18-10-6-3-7-11-18)15-21(26)24-16-8-4-1-2-5-9-16/h3,6-7,10-14,16H,1-2,4-5,8-9,15H2,(H,24,26). The smallest absolute Gasteiger partial charge is 0.264 e. The lowest BCUT2D eigenvalue weighted by Gasteiger charge is -2.26. The molecule has 0 bridgehead atoms. The Morgan fingerprint density at radius 1 is 0.966 bits per heavy atom. The Morgan fingerprint density at radius 3 is 2.24 bits per heavy atom. The van der Waals surface area contributed by atoms with Crippen LogP contribution in [0.3, 0.4) is 0 Å². The molecule has 156 valence electrons. The minimum absolute atomic E-state index is 0.0834. The van der Waals surface area contributed by atoms with E-state index in [4.69, 9.17) is 23.2 Å². The average Bonchev–Trinajstić information content (AvgIpc) is 2.97. The third-order valence-electron chi connectivity index (χ3n) is 5.03. The maximum Gasteiger partial charge on any atom is 0.264 e. The number of hydrogen-bond donors (Lipinski definition) is 1. The molecule has 0 heterocycles. The van der Waals surface area contributed by atoms with E-state index in [0.29, 0.717) is 10.7 Å². The van der Waals surface area contributed by atoms with Crippen molar-refractivity contribution in [2.45, 2.75) is 49.5 Å². The molecule has 0 radical (unpaired) electrons. The van der Waals surface area contributed by atoms with Crippen molar-refractivity contribution in [2.24, 2.45) is 0 Å². The number of nitrogens with zero attached hydrogens (tertiary/aromatic N) is 1. The average molecular weight is 455 g/mol. The van der Waals surface area contributed by atoms with Gasteiger partial charge in [-0.1, -0.05) is 67.1 Å². The van der Waals surface area contributed by atoms with Crippen molar-refractivity contribution in [2.75, 3.05) is 10.8 Å². The Balaban J connectivity index is 1.88. The third-order valence-corrected chi connectivity index (χ3v) is 7.56. The van der Waals surface area contributed by atoms with Crippen LogP contribution in [0.5, 0.6) is 0 Å². The van der Waals surface area contributed by atoms with Crippen LogP contribution in [0.25, 0.3) is 0 Å². The summed E-state index contributed by atoms with van der Waals surface area (Å²) < 4.78 is 27.6. The van der Waals surface area contributed by atoms with E-state index in [1.54, 1.807) is 24.3 Å². The first-order valence-electron chi connectivity index (χ1n) is 9.70. The van der Waals surface area contributed by atoms with Gasteiger partial charge in [-0.15, -0.1) is 0 Å². The molecule has 8 heteroatoms. The van der Waals surface area contributed by atoms with E-state index >= 15 is 0 Å². The maximum absolute atomic E-state index is 13.3. The molecular weight excluding hydrogens is 431 g/mol. The van der Waals surface area contributed by atoms with Crippen molar-refractivity contribution < 1.29 is 13.2 Å². The zero-order chi connectivity index (χ0) is 20.9. The summed E-state index contributed by atoms with van der Waals surface area (Å²) in [7, 11) is -3.96. The summed E-state index contributed by atoms with van der Waals surface area (Å²) in [6.45, 7) is -0.328. The van der Waals surface area contributed by atoms with Crippen molar-refractivity contribution in [3.63, 3.8) is 0 Å². The summed E-state index contributed by atoms with van der Waals surface area (Å²) in [5, 5.41) is 3.54. The first kappa shape index (κ1) is 21.9. The van der Waals surface area contributed by atoms with Crippen LogP contribution in [-0.4, -0.2) is 26.9 Å². The minimum Gasteiger partial charge on any atom is -0.352 e. The van der Waals surface area contributed by atoms with E-state index in [9.17, 15) is 13.2 Å². The van der Waals surface area contributed by atoms with Gasteiger partial charge in [0.15, 0.2) is 0 Å². The second-order valence-electron chi connectivity index (χ2n) is 7.18. The number of anilines is 1. The molecule has 0 atom stereocenters. The van der Waals surface area contributed by atoms with Crippen molar-refractivity contribution in [3.05, 3.63) is 58.6 Å². The lowest BCUT2D eigenvalue weighted by atomic mass is 10.1. The van der Waals surface area contributed by atoms with Gasteiger partial charge in [0.2, 0.25) is 5.91 Å². The van der Waals surface area contributed by atoms with E-state index in [2.05, 4.69) is 5.32 Å². The number of halogens is 2. The van der Waals surface area contributed by atoms with Gasteiger partial charge >= 0.3 is 0 Å². The highest BCUT2D eigenvalue weighted by molar-refractivity contribution is 7.92. The Morgan fingerprint density at radius 2 is 1.62 bits per heavy atom. The number of carbonyl (C=O) groups is 1. The van der Waals surface area contributed by atoms with Crippen LogP contribution >= 0.6 is 23.2 Å². The molecule has 1 amide bonds. The molecule has 1 N–H and O–H groups in total. The fourth-order valence-electron chi connectivity index (χ4n) is 3.50. The van der Waals surface area contributed by atoms with Gasteiger partial charge in [0.05, 0.1) is 20.6 Å². The summed E-state index contributed by atoms with van der Waals surface area (Å²) in [6, 6.07) is 12.7. The summed E-state index contributed by atoms with van der Waals surface area (Å²) in [5.41, 5.74) is 0.291. The molecule has 2 aromatic carbocycles. The first-order chi connectivity index (χ1) is 13.9. The predicted octanol–water partition coefficient (Wildman–Crippen LogP) is 5.03. The van der Waals surface area contributed by atoms with Crippen LogP contribution in [0, 0.1) is 0 Å². The van der Waals surface area contributed by atoms with Crippen molar-refractivity contribution >= 4 is 44.8 Å². The van der Waals surface area contributed by atoms with Crippen LogP contribution in [-0.2, 0) is 14.8 Å². The quantitative estimate of drug-likeness (QED) is 0.622. The van der Waals surface area contributed by atoms with Crippen molar-refractivity contribution in [1.82, 2.24) is 5.32 Å². The molecule has 0 spiro atoms. The summed E-state index contributed by atoms with van der Waals surface area (Å²) in [4.78, 5) is 12.9. The van der Waals surface area contributed by atoms with Crippen LogP contribution in [0.1, 0.15) is 38.5 Å². The van der Waals surface area contributed by atoms with E-state index in [-0.39, 0.29) is 28.4 Å². The van der Waals surface area contributed by atoms with Gasteiger partial charge < -0.3 is 5.32 Å². The largest absolute Gasteiger partial charge is 0.352 e. The van der Waals surface area contributed by atoms with Gasteiger partial charge in [-0.25, -0.2) is 8.42 Å². The van der Waals surface area contributed by atoms with Gasteiger partial charge in [-0.05, 0) is 43.2 Å². The zero-order valence-electron chi connectivity index (χ0n) is 16.0. The second kappa shape index (κ2) is 9.83. The number of carbonyl (C=O) groups excluding carboxylic acids is 1. The summed E-state index contributed by atoms with van der Waals surface area (Å²) in [6.07, 6.45) is 6.33. The lowest BCUT2D eigenvalue weighted by Crippen LogP contribution is -2.44. The monoisotopic (exact) mass is 454 g/mol. The molecule has 1 fully saturated rings. The van der Waals surface area contributed by atoms with Gasteiger partial charge in [0.25, 0.3) is 10.0 Å². The highest BCUT2D eigenvalue weighted by Gasteiger charge is 2.28. The van der Waals surface area contributed by atoms with Crippen LogP contribution in [0.15, 0.2) is 53.4 Å². The van der Waals surface area contributed by atoms with Gasteiger partial charge in [0, 0.05) is 6.04 Å². The van der Waals surface area contributed by atoms with Crippen molar-refractivity contribution in [3.8, 4) is 0 Å². The van der Waals surface area contributed by atoms with E-state index in [0.717, 1.165) is 30.0 Å². The molecule has 0 aromatic heterocycles. The SMILES string of the molecule is O=C(CN(c1ccc(Cl)c(Cl)c1)S(=O)(=O)c1ccccc1)NC1CCCCCC1. The molecule has 1 aliphatic rings. The zero-order valence-corrected chi connectivity index (χ0v) is 18.3. The second-order valence-corrected chi connectivity index (χ2v) is 9.86. The van der Waals surface area contributed by atoms with Crippen LogP contribution in [0.2, 0.25) is 10.0 Å². The fraction of sp³-hybridized carbons (Fsp3) is 0.381. The Labute approximate surface area is 182 Å². The van der Waals surface area contributed by atoms with Gasteiger partial charge in [0.1, 0.15) is 6.54 Å². The topological polar surface area (TPSA) is 66.5 Å². The number of nitrogens with one attached hydrogen (secondary N) is 1. The summed E-state index contributed by atoms with van der Waals surface area (Å²) in [5.74, 6) is -0.331. The molecule has 0 saturated heterocycles. The van der Waals surface area contributed by atoms with Crippen LogP contribution in [0.4, 0.5) is 5.69 Å². The number of benzene rings is 2. The molecular formula is C21H24Cl2N2O3S. The maximum atomic E-state index is 13.3. The summed E-state index contributed by atoms with van der Waals surface area (Å²) >= 11 is 12.1. The highest BCUT2D eigenvalue weighted by atomic mass is 35.5. The van der Waals surface area contributed by atoms with Gasteiger partial charge in [-0.2, -0.15) is 0 Å². The molecule has 1 aliphatic carbocycles. The fourth-order valence-corrected chi connectivity index (χ4v) is 5.23. The Hall–Kier alpha value is -1.76. The molecule has 2 aromatic rings. The van der Waals surface area contributed by atoms with Gasteiger partial charge in [-0.3, -0.25) is 9.10 Å². The minimum atomic E-state index is -3.96. The first-order valence-corrected chi connectivity index (χ1v) is 11.9. The number of sulfonamides is 1. The number of rotatable bonds is 6. The molecule has 0 unspecified atom stereocenters. The van der Waals surface area contributed by atoms with E-state index in [1.165, 1.54) is 37.1 Å². The molecule has 5 nitrogen and oxygen atoms in total. The number of hydrogen-bond acceptors (Lipinski definition) is 3. The number of amides is 1. The van der Waals surface area contributed by atoms with Crippen molar-refractivity contribution in [1.29, 1.82) is 0 Å². The Bertz CT molecular complexity index is 944. The molecule has 1 saturated carbocycles. The predicted molar refractivity (Wildman–Crippen MR) is 117 cm³/mol. The molecule has 29 heavy (non-hydrogen) atoms. The third kappa shape index (κ3) is 5.65. The van der Waals surface area contributed by atoms with E-state index < -0.39 is 10.0 Å². The highest BCUT2D eigenvalue weighted by Crippen LogP contribution is 2.30. The van der Waals surface area contributed by atoms with Crippen LogP contribution < -0.4 is 9.62 Å². The molecule has 0 aliphatic heterocycles. The van der Waals surface area contributed by atoms with E-state index in [1.807, 2.05) is 0 Å². The Kier molecular flexibility index (Phi) is 7.44. The lowest BCUT2D eigenvalue weighted by molar-refractivity contribution is -0.120.